The molecule has 0 aromatic heterocycles. The average molecular weight is 181 g/mol. The second-order valence-corrected chi connectivity index (χ2v) is 3.74. The fourth-order valence-electron chi connectivity index (χ4n) is 1.87. The van der Waals surface area contributed by atoms with Crippen LogP contribution in [-0.4, -0.2) is 49.1 Å². The summed E-state index contributed by atoms with van der Waals surface area (Å²) in [7, 11) is 2.13. The lowest BCUT2D eigenvalue weighted by Gasteiger charge is -2.26. The molecule has 1 unspecified atom stereocenters. The van der Waals surface area contributed by atoms with E-state index in [1.54, 1.807) is 0 Å². The molecule has 0 N–H and O–H groups in total. The largest absolute Gasteiger partial charge is 0.302 e. The van der Waals surface area contributed by atoms with Gasteiger partial charge in [-0.3, -0.25) is 0 Å². The van der Waals surface area contributed by atoms with Crippen molar-refractivity contribution in [3.8, 4) is 6.07 Å². The second kappa shape index (κ2) is 5.21. The van der Waals surface area contributed by atoms with Crippen LogP contribution in [0.3, 0.4) is 0 Å². The topological polar surface area (TPSA) is 30.3 Å². The summed E-state index contributed by atoms with van der Waals surface area (Å²) in [4.78, 5) is 4.75. The van der Waals surface area contributed by atoms with E-state index < -0.39 is 0 Å². The number of rotatable bonds is 2. The Morgan fingerprint density at radius 1 is 1.46 bits per heavy atom. The van der Waals surface area contributed by atoms with Gasteiger partial charge in [-0.25, -0.2) is 0 Å². The second-order valence-electron chi connectivity index (χ2n) is 3.74. The predicted octanol–water partition coefficient (Wildman–Crippen LogP) is 0.926. The highest BCUT2D eigenvalue weighted by Gasteiger charge is 2.20. The zero-order chi connectivity index (χ0) is 9.68. The Hall–Kier alpha value is -0.590. The molecule has 0 bridgehead atoms. The molecule has 1 fully saturated rings. The van der Waals surface area contributed by atoms with Gasteiger partial charge in [0.15, 0.2) is 0 Å². The standard InChI is InChI=1S/C10H19N3/c1-3-13-8-4-7-12(2)10(9-13)5-6-11/h10H,3-5,7-9H2,1-2H3. The van der Waals surface area contributed by atoms with Gasteiger partial charge in [0, 0.05) is 12.6 Å². The molecule has 1 heterocycles. The molecule has 1 atom stereocenters. The third-order valence-corrected chi connectivity index (χ3v) is 2.85. The molecule has 0 aromatic carbocycles. The summed E-state index contributed by atoms with van der Waals surface area (Å²) in [6, 6.07) is 2.71. The molecular formula is C10H19N3. The van der Waals surface area contributed by atoms with Crippen LogP contribution in [0.1, 0.15) is 19.8 Å². The quantitative estimate of drug-likeness (QED) is 0.635. The van der Waals surface area contributed by atoms with E-state index in [1.165, 1.54) is 13.0 Å². The van der Waals surface area contributed by atoms with E-state index in [4.69, 9.17) is 5.26 Å². The van der Waals surface area contributed by atoms with E-state index >= 15 is 0 Å². The van der Waals surface area contributed by atoms with Crippen molar-refractivity contribution in [1.29, 1.82) is 5.26 Å². The van der Waals surface area contributed by atoms with E-state index in [-0.39, 0.29) is 0 Å². The van der Waals surface area contributed by atoms with Crippen LogP contribution < -0.4 is 0 Å². The molecule has 1 rings (SSSR count). The molecule has 3 nitrogen and oxygen atoms in total. The first-order valence-corrected chi connectivity index (χ1v) is 5.07. The van der Waals surface area contributed by atoms with Crippen molar-refractivity contribution in [2.75, 3.05) is 33.2 Å². The van der Waals surface area contributed by atoms with E-state index in [9.17, 15) is 0 Å². The molecule has 1 aliphatic rings. The number of nitriles is 1. The first-order valence-electron chi connectivity index (χ1n) is 5.07. The van der Waals surface area contributed by atoms with Gasteiger partial charge in [-0.15, -0.1) is 0 Å². The monoisotopic (exact) mass is 181 g/mol. The minimum atomic E-state index is 0.437. The Balaban J connectivity index is 2.51. The van der Waals surface area contributed by atoms with E-state index in [1.807, 2.05) is 0 Å². The van der Waals surface area contributed by atoms with Crippen molar-refractivity contribution in [1.82, 2.24) is 9.80 Å². The highest BCUT2D eigenvalue weighted by Crippen LogP contribution is 2.10. The molecule has 13 heavy (non-hydrogen) atoms. The Labute approximate surface area is 80.9 Å². The lowest BCUT2D eigenvalue weighted by Crippen LogP contribution is -2.38. The van der Waals surface area contributed by atoms with Crippen molar-refractivity contribution >= 4 is 0 Å². The lowest BCUT2D eigenvalue weighted by molar-refractivity contribution is 0.215. The van der Waals surface area contributed by atoms with Crippen LogP contribution >= 0.6 is 0 Å². The van der Waals surface area contributed by atoms with Gasteiger partial charge < -0.3 is 9.80 Å². The zero-order valence-corrected chi connectivity index (χ0v) is 8.66. The van der Waals surface area contributed by atoms with Crippen molar-refractivity contribution in [2.45, 2.75) is 25.8 Å². The summed E-state index contributed by atoms with van der Waals surface area (Å²) in [6.45, 7) is 6.66. The normalized spacial score (nSPS) is 26.7. The SMILES string of the molecule is CCN1CCCN(C)C(CC#N)C1. The van der Waals surface area contributed by atoms with E-state index in [2.05, 4.69) is 29.8 Å². The van der Waals surface area contributed by atoms with Gasteiger partial charge in [-0.2, -0.15) is 5.26 Å². The molecule has 0 radical (unpaired) electrons. The molecular weight excluding hydrogens is 162 g/mol. The van der Waals surface area contributed by atoms with Crippen molar-refractivity contribution in [3.63, 3.8) is 0 Å². The van der Waals surface area contributed by atoms with Gasteiger partial charge in [0.2, 0.25) is 0 Å². The summed E-state index contributed by atoms with van der Waals surface area (Å²) in [5, 5.41) is 8.69. The van der Waals surface area contributed by atoms with Gasteiger partial charge in [0.1, 0.15) is 0 Å². The molecule has 0 amide bonds. The van der Waals surface area contributed by atoms with Crippen LogP contribution in [-0.2, 0) is 0 Å². The van der Waals surface area contributed by atoms with Crippen LogP contribution in [0.5, 0.6) is 0 Å². The first kappa shape index (κ1) is 10.5. The number of nitrogens with zero attached hydrogens (tertiary/aromatic N) is 3. The zero-order valence-electron chi connectivity index (χ0n) is 8.66. The summed E-state index contributed by atoms with van der Waals surface area (Å²) in [5.74, 6) is 0. The average Bonchev–Trinajstić information content (AvgIpc) is 2.30. The first-order chi connectivity index (χ1) is 6.27. The minimum Gasteiger partial charge on any atom is -0.302 e. The van der Waals surface area contributed by atoms with Crippen LogP contribution in [0.2, 0.25) is 0 Å². The van der Waals surface area contributed by atoms with Crippen molar-refractivity contribution in [2.24, 2.45) is 0 Å². The maximum atomic E-state index is 8.69. The predicted molar refractivity (Wildman–Crippen MR) is 53.4 cm³/mol. The molecule has 1 saturated heterocycles. The van der Waals surface area contributed by atoms with Crippen LogP contribution in [0, 0.1) is 11.3 Å². The molecule has 0 spiro atoms. The Morgan fingerprint density at radius 3 is 2.85 bits per heavy atom. The van der Waals surface area contributed by atoms with Gasteiger partial charge in [0.05, 0.1) is 12.5 Å². The Morgan fingerprint density at radius 2 is 2.23 bits per heavy atom. The summed E-state index contributed by atoms with van der Waals surface area (Å²) in [5.41, 5.74) is 0. The summed E-state index contributed by atoms with van der Waals surface area (Å²) in [6.07, 6.45) is 1.89. The highest BCUT2D eigenvalue weighted by molar-refractivity contribution is 4.85. The van der Waals surface area contributed by atoms with Crippen LogP contribution in [0.25, 0.3) is 0 Å². The molecule has 1 aliphatic heterocycles. The Bertz CT molecular complexity index is 185. The third-order valence-electron chi connectivity index (χ3n) is 2.85. The molecule has 0 saturated carbocycles. The van der Waals surface area contributed by atoms with Crippen molar-refractivity contribution in [3.05, 3.63) is 0 Å². The fraction of sp³-hybridized carbons (Fsp3) is 0.900. The minimum absolute atomic E-state index is 0.437. The maximum absolute atomic E-state index is 8.69. The highest BCUT2D eigenvalue weighted by atomic mass is 15.2. The Kier molecular flexibility index (Phi) is 4.20. The van der Waals surface area contributed by atoms with Gasteiger partial charge in [-0.1, -0.05) is 6.92 Å². The fourth-order valence-corrected chi connectivity index (χ4v) is 1.87. The van der Waals surface area contributed by atoms with E-state index in [0.29, 0.717) is 12.5 Å². The number of likely N-dealkylation sites (N-methyl/N-ethyl adjacent to an activating group) is 2. The lowest BCUT2D eigenvalue weighted by atomic mass is 10.2. The molecule has 74 valence electrons. The molecule has 3 heteroatoms. The van der Waals surface area contributed by atoms with Crippen LogP contribution in [0.4, 0.5) is 0 Å². The van der Waals surface area contributed by atoms with Gasteiger partial charge >= 0.3 is 0 Å². The summed E-state index contributed by atoms with van der Waals surface area (Å²) >= 11 is 0. The number of hydrogen-bond donors (Lipinski definition) is 0. The van der Waals surface area contributed by atoms with E-state index in [0.717, 1.165) is 19.6 Å². The smallest absolute Gasteiger partial charge is 0.0638 e. The van der Waals surface area contributed by atoms with Gasteiger partial charge in [-0.05, 0) is 33.1 Å². The number of hydrogen-bond acceptors (Lipinski definition) is 3. The third kappa shape index (κ3) is 2.98. The molecule has 0 aliphatic carbocycles. The summed E-state index contributed by atoms with van der Waals surface area (Å²) < 4.78 is 0. The maximum Gasteiger partial charge on any atom is 0.0638 e. The van der Waals surface area contributed by atoms with Crippen molar-refractivity contribution < 1.29 is 0 Å². The molecule has 0 aromatic rings. The van der Waals surface area contributed by atoms with Crippen LogP contribution in [0.15, 0.2) is 0 Å². The van der Waals surface area contributed by atoms with Gasteiger partial charge in [0.25, 0.3) is 0 Å².